The first-order valence-corrected chi connectivity index (χ1v) is 9.69. The number of carbonyl (C=O) groups excluding carboxylic acids is 1. The van der Waals surface area contributed by atoms with Gasteiger partial charge in [0.2, 0.25) is 5.91 Å². The monoisotopic (exact) mass is 396 g/mol. The van der Waals surface area contributed by atoms with Crippen LogP contribution < -0.4 is 9.64 Å². The number of amides is 1. The third kappa shape index (κ3) is 3.97. The fourth-order valence-electron chi connectivity index (χ4n) is 4.04. The van der Waals surface area contributed by atoms with Crippen LogP contribution in [0.1, 0.15) is 22.3 Å². The Labute approximate surface area is 169 Å². The van der Waals surface area contributed by atoms with E-state index < -0.39 is 5.97 Å². The number of methoxy groups -OCH3 is 1. The minimum absolute atomic E-state index is 0.0439. The van der Waals surface area contributed by atoms with Gasteiger partial charge in [0.1, 0.15) is 11.9 Å². The number of para-hydroxylation sites is 2. The van der Waals surface area contributed by atoms with Crippen molar-refractivity contribution in [2.24, 2.45) is 0 Å². The lowest BCUT2D eigenvalue weighted by atomic mass is 10.1. The van der Waals surface area contributed by atoms with Crippen molar-refractivity contribution in [3.05, 3.63) is 59.7 Å². The molecule has 152 valence electrons. The number of ether oxygens (including phenoxy) is 2. The Morgan fingerprint density at radius 2 is 1.97 bits per heavy atom. The number of carboxylic acid groups (broad SMARTS) is 1. The van der Waals surface area contributed by atoms with Crippen molar-refractivity contribution in [3.63, 3.8) is 0 Å². The Bertz CT molecular complexity index is 898. The summed E-state index contributed by atoms with van der Waals surface area (Å²) in [6.45, 7) is 2.10. The fourth-order valence-corrected chi connectivity index (χ4v) is 4.04. The first-order valence-electron chi connectivity index (χ1n) is 9.69. The first-order chi connectivity index (χ1) is 14.1. The molecule has 1 amide bonds. The molecule has 7 nitrogen and oxygen atoms in total. The van der Waals surface area contributed by atoms with Crippen LogP contribution in [0.5, 0.6) is 5.75 Å². The highest BCUT2D eigenvalue weighted by Gasteiger charge is 2.42. The highest BCUT2D eigenvalue weighted by molar-refractivity contribution is 5.99. The molecular formula is C22H24N2O5. The summed E-state index contributed by atoms with van der Waals surface area (Å²) in [5.41, 5.74) is 1.99. The molecule has 0 radical (unpaired) electrons. The van der Waals surface area contributed by atoms with Crippen LogP contribution in [0.15, 0.2) is 48.5 Å². The molecule has 0 saturated carbocycles. The average molecular weight is 396 g/mol. The minimum Gasteiger partial charge on any atom is -0.487 e. The summed E-state index contributed by atoms with van der Waals surface area (Å²) < 4.78 is 11.5. The third-order valence-corrected chi connectivity index (χ3v) is 5.47. The average Bonchev–Trinajstić information content (AvgIpc) is 3.12. The van der Waals surface area contributed by atoms with E-state index in [1.54, 1.807) is 36.3 Å². The molecule has 2 aliphatic rings. The fraction of sp³-hybridized carbons (Fsp3) is 0.364. The van der Waals surface area contributed by atoms with E-state index in [0.717, 1.165) is 11.3 Å². The summed E-state index contributed by atoms with van der Waals surface area (Å²) in [4.78, 5) is 28.4. The Kier molecular flexibility index (Phi) is 5.51. The van der Waals surface area contributed by atoms with Crippen LogP contribution in [0.25, 0.3) is 0 Å². The second kappa shape index (κ2) is 8.23. The van der Waals surface area contributed by atoms with Gasteiger partial charge in [0, 0.05) is 33.2 Å². The summed E-state index contributed by atoms with van der Waals surface area (Å²) in [6.07, 6.45) is 0.567. The Morgan fingerprint density at radius 3 is 2.69 bits per heavy atom. The second-order valence-corrected chi connectivity index (χ2v) is 7.37. The summed E-state index contributed by atoms with van der Waals surface area (Å²) in [5.74, 6) is -0.188. The lowest BCUT2D eigenvalue weighted by Gasteiger charge is -2.31. The van der Waals surface area contributed by atoms with Crippen LogP contribution in [0.4, 0.5) is 5.69 Å². The maximum Gasteiger partial charge on any atom is 0.335 e. The summed E-state index contributed by atoms with van der Waals surface area (Å²) >= 11 is 0. The van der Waals surface area contributed by atoms with Gasteiger partial charge < -0.3 is 19.5 Å². The Balaban J connectivity index is 1.59. The van der Waals surface area contributed by atoms with E-state index in [4.69, 9.17) is 14.6 Å². The molecule has 1 saturated heterocycles. The Morgan fingerprint density at radius 1 is 1.21 bits per heavy atom. The molecule has 1 N–H and O–H groups in total. The molecule has 2 aliphatic heterocycles. The van der Waals surface area contributed by atoms with E-state index >= 15 is 0 Å². The predicted octanol–water partition coefficient (Wildman–Crippen LogP) is 2.40. The number of carbonyl (C=O) groups is 2. The van der Waals surface area contributed by atoms with E-state index in [0.29, 0.717) is 38.4 Å². The molecule has 1 fully saturated rings. The standard InChI is InChI=1S/C22H24N2O5/c1-28-11-10-24-18-4-2-3-5-20(18)29-17-12-19(21(24)25)23(14-17)13-15-6-8-16(9-7-15)22(26)27/h2-9,17,19H,10-14H2,1H3,(H,26,27)/t17-,19-/m0/s1. The normalized spacial score (nSPS) is 21.3. The van der Waals surface area contributed by atoms with Crippen molar-refractivity contribution in [3.8, 4) is 5.75 Å². The summed E-state index contributed by atoms with van der Waals surface area (Å²) in [5, 5.41) is 9.08. The Hall–Kier alpha value is -2.90. The lowest BCUT2D eigenvalue weighted by Crippen LogP contribution is -2.47. The van der Waals surface area contributed by atoms with E-state index in [2.05, 4.69) is 4.90 Å². The zero-order valence-corrected chi connectivity index (χ0v) is 16.3. The van der Waals surface area contributed by atoms with Gasteiger partial charge in [-0.05, 0) is 29.8 Å². The molecule has 7 heteroatoms. The van der Waals surface area contributed by atoms with Crippen molar-refractivity contribution < 1.29 is 24.2 Å². The van der Waals surface area contributed by atoms with Gasteiger partial charge in [-0.1, -0.05) is 24.3 Å². The van der Waals surface area contributed by atoms with Gasteiger partial charge in [-0.25, -0.2) is 4.79 Å². The lowest BCUT2D eigenvalue weighted by molar-refractivity contribution is -0.123. The van der Waals surface area contributed by atoms with Crippen molar-refractivity contribution in [1.29, 1.82) is 0 Å². The number of carboxylic acids is 1. The van der Waals surface area contributed by atoms with Gasteiger partial charge in [-0.3, -0.25) is 9.69 Å². The number of nitrogens with zero attached hydrogens (tertiary/aromatic N) is 2. The molecule has 29 heavy (non-hydrogen) atoms. The van der Waals surface area contributed by atoms with E-state index in [1.807, 2.05) is 24.3 Å². The molecule has 0 unspecified atom stereocenters. The largest absolute Gasteiger partial charge is 0.487 e. The van der Waals surface area contributed by atoms with E-state index in [-0.39, 0.29) is 23.6 Å². The number of benzene rings is 2. The maximum absolute atomic E-state index is 13.5. The topological polar surface area (TPSA) is 79.3 Å². The van der Waals surface area contributed by atoms with Crippen molar-refractivity contribution >= 4 is 17.6 Å². The molecule has 2 bridgehead atoms. The SMILES string of the molecule is COCCN1C(=O)[C@@H]2C[C@@H](CN2Cc2ccc(C(=O)O)cc2)Oc2ccccc21. The summed E-state index contributed by atoms with van der Waals surface area (Å²) in [7, 11) is 1.62. The van der Waals surface area contributed by atoms with Crippen molar-refractivity contribution in [2.75, 3.05) is 31.7 Å². The predicted molar refractivity (Wildman–Crippen MR) is 107 cm³/mol. The van der Waals surface area contributed by atoms with Gasteiger partial charge >= 0.3 is 5.97 Å². The highest BCUT2D eigenvalue weighted by atomic mass is 16.5. The zero-order chi connectivity index (χ0) is 20.4. The van der Waals surface area contributed by atoms with Gasteiger partial charge in [0.25, 0.3) is 0 Å². The zero-order valence-electron chi connectivity index (χ0n) is 16.3. The summed E-state index contributed by atoms with van der Waals surface area (Å²) in [6, 6.07) is 14.1. The molecule has 0 aromatic heterocycles. The number of hydrogen-bond donors (Lipinski definition) is 1. The van der Waals surface area contributed by atoms with Gasteiger partial charge in [0.15, 0.2) is 0 Å². The van der Waals surface area contributed by atoms with E-state index in [9.17, 15) is 9.59 Å². The van der Waals surface area contributed by atoms with Crippen LogP contribution in [0, 0.1) is 0 Å². The molecule has 0 aliphatic carbocycles. The molecule has 0 spiro atoms. The van der Waals surface area contributed by atoms with E-state index in [1.165, 1.54) is 0 Å². The number of aromatic carboxylic acids is 1. The second-order valence-electron chi connectivity index (χ2n) is 7.37. The molecular weight excluding hydrogens is 372 g/mol. The number of rotatable bonds is 6. The molecule has 2 heterocycles. The molecule has 2 aromatic carbocycles. The van der Waals surface area contributed by atoms with Gasteiger partial charge in [-0.2, -0.15) is 0 Å². The van der Waals surface area contributed by atoms with Crippen LogP contribution in [-0.4, -0.2) is 60.8 Å². The van der Waals surface area contributed by atoms with Crippen LogP contribution in [0.3, 0.4) is 0 Å². The number of likely N-dealkylation sites (tertiary alicyclic amines) is 1. The van der Waals surface area contributed by atoms with Gasteiger partial charge in [-0.15, -0.1) is 0 Å². The third-order valence-electron chi connectivity index (χ3n) is 5.47. The van der Waals surface area contributed by atoms with Crippen molar-refractivity contribution in [2.45, 2.75) is 25.1 Å². The van der Waals surface area contributed by atoms with Crippen molar-refractivity contribution in [1.82, 2.24) is 4.90 Å². The quantitative estimate of drug-likeness (QED) is 0.808. The number of anilines is 1. The highest BCUT2D eigenvalue weighted by Crippen LogP contribution is 2.36. The van der Waals surface area contributed by atoms with Crippen LogP contribution in [-0.2, 0) is 16.1 Å². The molecule has 2 aromatic rings. The first kappa shape index (κ1) is 19.4. The van der Waals surface area contributed by atoms with Crippen LogP contribution >= 0.6 is 0 Å². The molecule has 4 rings (SSSR count). The van der Waals surface area contributed by atoms with Crippen LogP contribution in [0.2, 0.25) is 0 Å². The number of hydrogen-bond acceptors (Lipinski definition) is 5. The number of fused-ring (bicyclic) bond motifs is 3. The van der Waals surface area contributed by atoms with Gasteiger partial charge in [0.05, 0.1) is 23.9 Å². The maximum atomic E-state index is 13.5. The minimum atomic E-state index is -0.948. The molecule has 2 atom stereocenters. The smallest absolute Gasteiger partial charge is 0.335 e.